The SMILES string of the molecule is Cc1ccc(-c2cn3ccn(-c4ccc5c(c4)CCC5)c(=O)c3n2)cc1. The Bertz CT molecular complexity index is 1180. The van der Waals surface area contributed by atoms with Gasteiger partial charge in [0, 0.05) is 29.8 Å². The van der Waals surface area contributed by atoms with Crippen LogP contribution >= 0.6 is 0 Å². The molecule has 0 saturated heterocycles. The molecule has 4 aromatic rings. The summed E-state index contributed by atoms with van der Waals surface area (Å²) in [5.74, 6) is 0. The Labute approximate surface area is 151 Å². The maximum absolute atomic E-state index is 13.0. The third-order valence-corrected chi connectivity index (χ3v) is 5.23. The van der Waals surface area contributed by atoms with Gasteiger partial charge >= 0.3 is 0 Å². The molecule has 2 heterocycles. The van der Waals surface area contributed by atoms with Gasteiger partial charge in [-0.15, -0.1) is 0 Å². The molecular weight excluding hydrogens is 322 g/mol. The first-order valence-corrected chi connectivity index (χ1v) is 8.99. The van der Waals surface area contributed by atoms with Crippen LogP contribution in [0.5, 0.6) is 0 Å². The molecule has 128 valence electrons. The summed E-state index contributed by atoms with van der Waals surface area (Å²) in [7, 11) is 0. The summed E-state index contributed by atoms with van der Waals surface area (Å²) in [5.41, 5.74) is 7.07. The highest BCUT2D eigenvalue weighted by molar-refractivity contribution is 5.62. The standard InChI is InChI=1S/C22H19N3O/c1-15-5-7-17(8-6-15)20-14-24-11-12-25(22(26)21(24)23-20)19-10-9-16-3-2-4-18(16)13-19/h5-14H,2-4H2,1H3. The average molecular weight is 341 g/mol. The van der Waals surface area contributed by atoms with E-state index in [1.54, 1.807) is 8.97 Å². The van der Waals surface area contributed by atoms with Crippen molar-refractivity contribution in [1.29, 1.82) is 0 Å². The molecule has 2 aromatic heterocycles. The first-order valence-electron chi connectivity index (χ1n) is 8.99. The Hall–Kier alpha value is -3.14. The van der Waals surface area contributed by atoms with Crippen molar-refractivity contribution >= 4 is 5.65 Å². The minimum Gasteiger partial charge on any atom is -0.300 e. The predicted octanol–water partition coefficient (Wildman–Crippen LogP) is 3.95. The molecule has 26 heavy (non-hydrogen) atoms. The van der Waals surface area contributed by atoms with Crippen LogP contribution in [0.4, 0.5) is 0 Å². The molecule has 0 spiro atoms. The van der Waals surface area contributed by atoms with Gasteiger partial charge in [-0.05, 0) is 49.4 Å². The van der Waals surface area contributed by atoms with Crippen LogP contribution in [-0.4, -0.2) is 14.0 Å². The second kappa shape index (κ2) is 5.70. The summed E-state index contributed by atoms with van der Waals surface area (Å²) in [6.07, 6.45) is 9.08. The van der Waals surface area contributed by atoms with Gasteiger partial charge in [-0.1, -0.05) is 35.9 Å². The number of aromatic nitrogens is 3. The average Bonchev–Trinajstić information content (AvgIpc) is 3.29. The van der Waals surface area contributed by atoms with Crippen LogP contribution in [0, 0.1) is 6.92 Å². The Morgan fingerprint density at radius 2 is 1.77 bits per heavy atom. The molecule has 4 nitrogen and oxygen atoms in total. The van der Waals surface area contributed by atoms with Gasteiger partial charge in [0.25, 0.3) is 5.56 Å². The Kier molecular flexibility index (Phi) is 3.32. The van der Waals surface area contributed by atoms with Gasteiger partial charge in [0.2, 0.25) is 5.65 Å². The highest BCUT2D eigenvalue weighted by Crippen LogP contribution is 2.24. The summed E-state index contributed by atoms with van der Waals surface area (Å²) in [5, 5.41) is 0. The lowest BCUT2D eigenvalue weighted by Crippen LogP contribution is -2.20. The third kappa shape index (κ3) is 2.37. The molecule has 2 aromatic carbocycles. The van der Waals surface area contributed by atoms with E-state index in [0.717, 1.165) is 29.8 Å². The topological polar surface area (TPSA) is 39.3 Å². The first kappa shape index (κ1) is 15.1. The number of nitrogens with zero attached hydrogens (tertiary/aromatic N) is 3. The van der Waals surface area contributed by atoms with E-state index in [0.29, 0.717) is 5.65 Å². The van der Waals surface area contributed by atoms with E-state index < -0.39 is 0 Å². The first-order chi connectivity index (χ1) is 12.7. The quantitative estimate of drug-likeness (QED) is 0.554. The van der Waals surface area contributed by atoms with Crippen molar-refractivity contribution in [3.8, 4) is 16.9 Å². The van der Waals surface area contributed by atoms with E-state index in [1.165, 1.54) is 23.1 Å². The molecule has 5 rings (SSSR count). The fourth-order valence-corrected chi connectivity index (χ4v) is 3.75. The number of hydrogen-bond acceptors (Lipinski definition) is 2. The summed E-state index contributed by atoms with van der Waals surface area (Å²) >= 11 is 0. The van der Waals surface area contributed by atoms with Crippen molar-refractivity contribution in [3.05, 3.63) is 88.1 Å². The fourth-order valence-electron chi connectivity index (χ4n) is 3.75. The molecule has 0 aliphatic heterocycles. The van der Waals surface area contributed by atoms with E-state index in [-0.39, 0.29) is 5.56 Å². The normalized spacial score (nSPS) is 13.3. The van der Waals surface area contributed by atoms with Gasteiger partial charge in [-0.2, -0.15) is 0 Å². The zero-order chi connectivity index (χ0) is 17.7. The molecular formula is C22H19N3O. The monoisotopic (exact) mass is 341 g/mol. The number of imidazole rings is 1. The Balaban J connectivity index is 1.63. The van der Waals surface area contributed by atoms with Crippen molar-refractivity contribution < 1.29 is 0 Å². The zero-order valence-corrected chi connectivity index (χ0v) is 14.6. The molecule has 0 unspecified atom stereocenters. The highest BCUT2D eigenvalue weighted by Gasteiger charge is 2.14. The van der Waals surface area contributed by atoms with Crippen LogP contribution in [0.3, 0.4) is 0 Å². The van der Waals surface area contributed by atoms with Gasteiger partial charge in [0.05, 0.1) is 5.69 Å². The lowest BCUT2D eigenvalue weighted by atomic mass is 10.1. The number of benzene rings is 2. The molecule has 0 saturated carbocycles. The molecule has 0 fully saturated rings. The lowest BCUT2D eigenvalue weighted by molar-refractivity contribution is 0.910. The van der Waals surface area contributed by atoms with Crippen LogP contribution in [0.25, 0.3) is 22.6 Å². The maximum atomic E-state index is 13.0. The largest absolute Gasteiger partial charge is 0.300 e. The molecule has 0 radical (unpaired) electrons. The summed E-state index contributed by atoms with van der Waals surface area (Å²) in [6, 6.07) is 14.5. The predicted molar refractivity (Wildman–Crippen MR) is 103 cm³/mol. The van der Waals surface area contributed by atoms with Crippen LogP contribution in [0.2, 0.25) is 0 Å². The number of rotatable bonds is 2. The number of aryl methyl sites for hydroxylation is 3. The van der Waals surface area contributed by atoms with Crippen LogP contribution in [-0.2, 0) is 12.8 Å². The molecule has 0 amide bonds. The molecule has 0 atom stereocenters. The van der Waals surface area contributed by atoms with Crippen molar-refractivity contribution in [2.24, 2.45) is 0 Å². The fraction of sp³-hybridized carbons (Fsp3) is 0.182. The van der Waals surface area contributed by atoms with Gasteiger partial charge in [0.15, 0.2) is 0 Å². The minimum atomic E-state index is -0.0937. The summed E-state index contributed by atoms with van der Waals surface area (Å²) in [4.78, 5) is 17.6. The Morgan fingerprint density at radius 3 is 2.62 bits per heavy atom. The van der Waals surface area contributed by atoms with Crippen molar-refractivity contribution in [1.82, 2.24) is 14.0 Å². The minimum absolute atomic E-state index is 0.0937. The number of hydrogen-bond donors (Lipinski definition) is 0. The second-order valence-electron chi connectivity index (χ2n) is 7.00. The van der Waals surface area contributed by atoms with Crippen LogP contribution in [0.1, 0.15) is 23.1 Å². The highest BCUT2D eigenvalue weighted by atomic mass is 16.1. The van der Waals surface area contributed by atoms with Crippen LogP contribution < -0.4 is 5.56 Å². The maximum Gasteiger partial charge on any atom is 0.298 e. The molecule has 1 aliphatic carbocycles. The van der Waals surface area contributed by atoms with Gasteiger partial charge in [-0.25, -0.2) is 4.98 Å². The van der Waals surface area contributed by atoms with E-state index in [2.05, 4.69) is 36.2 Å². The van der Waals surface area contributed by atoms with E-state index >= 15 is 0 Å². The second-order valence-corrected chi connectivity index (χ2v) is 7.00. The molecule has 4 heteroatoms. The zero-order valence-electron chi connectivity index (χ0n) is 14.6. The van der Waals surface area contributed by atoms with Crippen LogP contribution in [0.15, 0.2) is 65.8 Å². The van der Waals surface area contributed by atoms with Crippen molar-refractivity contribution in [2.75, 3.05) is 0 Å². The van der Waals surface area contributed by atoms with Gasteiger partial charge in [0.1, 0.15) is 0 Å². The number of fused-ring (bicyclic) bond motifs is 2. The molecule has 0 N–H and O–H groups in total. The molecule has 1 aliphatic rings. The summed E-state index contributed by atoms with van der Waals surface area (Å²) in [6.45, 7) is 2.06. The van der Waals surface area contributed by atoms with E-state index in [4.69, 9.17) is 0 Å². The van der Waals surface area contributed by atoms with E-state index in [9.17, 15) is 4.79 Å². The van der Waals surface area contributed by atoms with Crippen molar-refractivity contribution in [3.63, 3.8) is 0 Å². The lowest BCUT2D eigenvalue weighted by Gasteiger charge is -2.08. The summed E-state index contributed by atoms with van der Waals surface area (Å²) < 4.78 is 3.50. The van der Waals surface area contributed by atoms with Crippen molar-refractivity contribution in [2.45, 2.75) is 26.2 Å². The smallest absolute Gasteiger partial charge is 0.298 e. The van der Waals surface area contributed by atoms with E-state index in [1.807, 2.05) is 36.8 Å². The van der Waals surface area contributed by atoms with Gasteiger partial charge in [-0.3, -0.25) is 9.36 Å². The Morgan fingerprint density at radius 1 is 0.962 bits per heavy atom. The third-order valence-electron chi connectivity index (χ3n) is 5.23. The van der Waals surface area contributed by atoms with Gasteiger partial charge < -0.3 is 4.40 Å². The molecule has 0 bridgehead atoms.